The van der Waals surface area contributed by atoms with Crippen molar-refractivity contribution in [3.8, 4) is 0 Å². The van der Waals surface area contributed by atoms with Crippen molar-refractivity contribution in [2.45, 2.75) is 337 Å². The molecule has 0 radical (unpaired) electrons. The lowest BCUT2D eigenvalue weighted by molar-refractivity contribution is -0.161. The number of rotatable bonds is 63. The first kappa shape index (κ1) is 83.1. The summed E-state index contributed by atoms with van der Waals surface area (Å²) < 4.78 is 68.0. The van der Waals surface area contributed by atoms with Crippen molar-refractivity contribution in [1.29, 1.82) is 0 Å². The topological polar surface area (TPSA) is 237 Å². The number of carbonyl (C=O) groups excluding carboxylic acids is 4. The average Bonchev–Trinajstić information content (AvgIpc) is 3.47. The van der Waals surface area contributed by atoms with Crippen LogP contribution >= 0.6 is 15.6 Å². The van der Waals surface area contributed by atoms with Gasteiger partial charge in [-0.05, 0) is 49.4 Å². The number of unbranched alkanes of at least 4 members (excludes halogenated alkanes) is 29. The van der Waals surface area contributed by atoms with Crippen molar-refractivity contribution in [3.63, 3.8) is 0 Å². The molecule has 2 unspecified atom stereocenters. The zero-order chi connectivity index (χ0) is 63.2. The molecule has 0 saturated heterocycles. The van der Waals surface area contributed by atoms with Gasteiger partial charge in [-0.15, -0.1) is 0 Å². The molecule has 0 aliphatic carbocycles. The highest BCUT2D eigenvalue weighted by Gasteiger charge is 2.30. The molecule has 0 bridgehead atoms. The molecule has 0 aromatic heterocycles. The van der Waals surface area contributed by atoms with Crippen molar-refractivity contribution < 1.29 is 80.2 Å². The SMILES string of the molecule is CC(C)CCCCCCCCCCCCCCC(=O)O[C@H](COC(=O)CCCCCCCCC(C)C)COP(=O)(O)OC[C@H](O)COP(=O)(O)OC[C@@H](COC(=O)CCCCCCCCC(C)C)OC(=O)CCCCCCCCCCCC(C)C. The highest BCUT2D eigenvalue weighted by molar-refractivity contribution is 7.47. The van der Waals surface area contributed by atoms with E-state index in [4.69, 9.17) is 37.0 Å². The third-order valence-corrected chi connectivity index (χ3v) is 17.0. The van der Waals surface area contributed by atoms with E-state index >= 15 is 0 Å². The Labute approximate surface area is 517 Å². The maximum absolute atomic E-state index is 13.0. The maximum atomic E-state index is 13.0. The molecule has 0 rings (SSSR count). The Morgan fingerprint density at radius 1 is 0.294 bits per heavy atom. The van der Waals surface area contributed by atoms with Gasteiger partial charge < -0.3 is 33.8 Å². The standard InChI is InChI=1S/C66H128O17P2/c1-56(2)42-34-26-18-14-11-9-10-12-16-20-32-40-48-65(70)82-61(52-76-63(68)46-38-30-24-22-28-36-44-58(5)6)54-80-84(72,73)78-50-60(67)51-79-85(74,75)81-55-62(53-77-64(69)47-39-31-25-23-29-37-45-59(7)8)83-66(71)49-41-33-21-17-13-15-19-27-35-43-57(3)4/h56-62,67H,9-55H2,1-8H3,(H,72,73)(H,74,75)/t60-,61+,62+/m0/s1. The number of hydrogen-bond donors (Lipinski definition) is 3. The van der Waals surface area contributed by atoms with Crippen molar-refractivity contribution >= 4 is 39.5 Å². The molecule has 0 saturated carbocycles. The van der Waals surface area contributed by atoms with Crippen LogP contribution in [0.25, 0.3) is 0 Å². The van der Waals surface area contributed by atoms with Crippen molar-refractivity contribution in [2.24, 2.45) is 23.7 Å². The van der Waals surface area contributed by atoms with Crippen LogP contribution < -0.4 is 0 Å². The summed E-state index contributed by atoms with van der Waals surface area (Å²) in [6.07, 6.45) is 36.5. The Morgan fingerprint density at radius 3 is 0.729 bits per heavy atom. The van der Waals surface area contributed by atoms with E-state index in [-0.39, 0.29) is 25.7 Å². The van der Waals surface area contributed by atoms with Gasteiger partial charge in [0.05, 0.1) is 26.4 Å². The van der Waals surface area contributed by atoms with Gasteiger partial charge in [0.25, 0.3) is 0 Å². The number of ether oxygens (including phenoxy) is 4. The van der Waals surface area contributed by atoms with Gasteiger partial charge in [0, 0.05) is 25.7 Å². The minimum atomic E-state index is -4.95. The minimum Gasteiger partial charge on any atom is -0.462 e. The van der Waals surface area contributed by atoms with E-state index < -0.39 is 97.5 Å². The summed E-state index contributed by atoms with van der Waals surface area (Å²) in [4.78, 5) is 72.3. The van der Waals surface area contributed by atoms with Gasteiger partial charge in [0.1, 0.15) is 19.3 Å². The Morgan fingerprint density at radius 2 is 0.494 bits per heavy atom. The van der Waals surface area contributed by atoms with E-state index in [2.05, 4.69) is 55.4 Å². The highest BCUT2D eigenvalue weighted by atomic mass is 31.2. The Kier molecular flexibility index (Phi) is 54.8. The van der Waals surface area contributed by atoms with Gasteiger partial charge in [-0.25, -0.2) is 9.13 Å². The monoisotopic (exact) mass is 1250 g/mol. The van der Waals surface area contributed by atoms with Crippen molar-refractivity contribution in [3.05, 3.63) is 0 Å². The Balaban J connectivity index is 5.23. The van der Waals surface area contributed by atoms with E-state index in [1.807, 2.05) is 0 Å². The molecule has 5 atom stereocenters. The number of carbonyl (C=O) groups is 4. The van der Waals surface area contributed by atoms with Crippen LogP contribution in [0.4, 0.5) is 0 Å². The first-order valence-corrected chi connectivity index (χ1v) is 37.2. The van der Waals surface area contributed by atoms with Gasteiger partial charge in [0.2, 0.25) is 0 Å². The fourth-order valence-electron chi connectivity index (χ4n) is 9.78. The fourth-order valence-corrected chi connectivity index (χ4v) is 11.4. The molecule has 0 aliphatic heterocycles. The van der Waals surface area contributed by atoms with E-state index in [0.29, 0.717) is 37.5 Å². The van der Waals surface area contributed by atoms with Crippen molar-refractivity contribution in [1.82, 2.24) is 0 Å². The number of aliphatic hydroxyl groups is 1. The van der Waals surface area contributed by atoms with Gasteiger partial charge in [-0.2, -0.15) is 0 Å². The van der Waals surface area contributed by atoms with Crippen LogP contribution in [0.1, 0.15) is 319 Å². The van der Waals surface area contributed by atoms with E-state index in [1.54, 1.807) is 0 Å². The van der Waals surface area contributed by atoms with Crippen LogP contribution in [0.2, 0.25) is 0 Å². The molecular formula is C66H128O17P2. The van der Waals surface area contributed by atoms with Crippen LogP contribution in [0.3, 0.4) is 0 Å². The summed E-state index contributed by atoms with van der Waals surface area (Å²) in [5.74, 6) is 0.733. The lowest BCUT2D eigenvalue weighted by Gasteiger charge is -2.21. The smallest absolute Gasteiger partial charge is 0.462 e. The maximum Gasteiger partial charge on any atom is 0.472 e. The molecule has 85 heavy (non-hydrogen) atoms. The Hall–Kier alpha value is -1.94. The zero-order valence-corrected chi connectivity index (χ0v) is 57.0. The number of esters is 4. The molecule has 19 heteroatoms. The summed E-state index contributed by atoms with van der Waals surface area (Å²) >= 11 is 0. The molecular weight excluding hydrogens is 1130 g/mol. The van der Waals surface area contributed by atoms with Crippen LogP contribution in [-0.4, -0.2) is 96.7 Å². The molecule has 0 aromatic carbocycles. The summed E-state index contributed by atoms with van der Waals surface area (Å²) in [7, 11) is -9.89. The average molecular weight is 1260 g/mol. The predicted molar refractivity (Wildman–Crippen MR) is 340 cm³/mol. The molecule has 17 nitrogen and oxygen atoms in total. The third-order valence-electron chi connectivity index (χ3n) is 15.1. The summed E-state index contributed by atoms with van der Waals surface area (Å²) in [6.45, 7) is 13.9. The van der Waals surface area contributed by atoms with Gasteiger partial charge in [-0.3, -0.25) is 37.3 Å². The second-order valence-corrected chi connectivity index (χ2v) is 28.7. The lowest BCUT2D eigenvalue weighted by atomic mass is 10.0. The lowest BCUT2D eigenvalue weighted by Crippen LogP contribution is -2.30. The molecule has 0 aliphatic rings. The van der Waals surface area contributed by atoms with Crippen molar-refractivity contribution in [2.75, 3.05) is 39.6 Å². The predicted octanol–water partition coefficient (Wildman–Crippen LogP) is 18.1. The molecule has 0 aromatic rings. The number of hydrogen-bond acceptors (Lipinski definition) is 15. The van der Waals surface area contributed by atoms with Crippen LogP contribution in [-0.2, 0) is 65.4 Å². The largest absolute Gasteiger partial charge is 0.472 e. The number of phosphoric acid groups is 2. The Bertz CT molecular complexity index is 1700. The summed E-state index contributed by atoms with van der Waals surface area (Å²) in [5.41, 5.74) is 0. The molecule has 0 spiro atoms. The second kappa shape index (κ2) is 56.1. The van der Waals surface area contributed by atoms with Crippen LogP contribution in [0.5, 0.6) is 0 Å². The van der Waals surface area contributed by atoms with E-state index in [0.717, 1.165) is 115 Å². The quantitative estimate of drug-likeness (QED) is 0.0222. The molecule has 0 heterocycles. The second-order valence-electron chi connectivity index (χ2n) is 25.8. The van der Waals surface area contributed by atoms with Gasteiger partial charge in [-0.1, -0.05) is 267 Å². The van der Waals surface area contributed by atoms with Crippen LogP contribution in [0, 0.1) is 23.7 Å². The van der Waals surface area contributed by atoms with Gasteiger partial charge >= 0.3 is 39.5 Å². The van der Waals surface area contributed by atoms with Crippen LogP contribution in [0.15, 0.2) is 0 Å². The normalized spacial score (nSPS) is 14.4. The molecule has 3 N–H and O–H groups in total. The third kappa shape index (κ3) is 60.7. The summed E-state index contributed by atoms with van der Waals surface area (Å²) in [6, 6.07) is 0. The first-order valence-electron chi connectivity index (χ1n) is 34.2. The van der Waals surface area contributed by atoms with E-state index in [1.165, 1.54) is 109 Å². The minimum absolute atomic E-state index is 0.103. The zero-order valence-electron chi connectivity index (χ0n) is 55.2. The van der Waals surface area contributed by atoms with E-state index in [9.17, 15) is 43.2 Å². The molecule has 0 fully saturated rings. The van der Waals surface area contributed by atoms with Gasteiger partial charge in [0.15, 0.2) is 12.2 Å². The highest BCUT2D eigenvalue weighted by Crippen LogP contribution is 2.45. The first-order chi connectivity index (χ1) is 40.6. The summed E-state index contributed by atoms with van der Waals surface area (Å²) in [5, 5.41) is 10.5. The molecule has 0 amide bonds. The number of phosphoric ester groups is 2. The fraction of sp³-hybridized carbons (Fsp3) is 0.939. The number of aliphatic hydroxyl groups excluding tert-OH is 1. The molecule has 504 valence electrons.